The van der Waals surface area contributed by atoms with E-state index in [9.17, 15) is 13.2 Å². The molecule has 0 heterocycles. The van der Waals surface area contributed by atoms with E-state index in [-0.39, 0.29) is 11.3 Å². The minimum atomic E-state index is -4.66. The van der Waals surface area contributed by atoms with E-state index in [1.54, 1.807) is 12.1 Å². The predicted molar refractivity (Wildman–Crippen MR) is 72.3 cm³/mol. The summed E-state index contributed by atoms with van der Waals surface area (Å²) in [6, 6.07) is 5.82. The Morgan fingerprint density at radius 2 is 1.75 bits per heavy atom. The van der Waals surface area contributed by atoms with E-state index in [0.717, 1.165) is 5.56 Å². The molecule has 0 spiro atoms. The van der Waals surface area contributed by atoms with Gasteiger partial charge in [0.1, 0.15) is 5.75 Å². The second-order valence-electron chi connectivity index (χ2n) is 5.32. The Morgan fingerprint density at radius 1 is 1.20 bits per heavy atom. The van der Waals surface area contributed by atoms with Gasteiger partial charge in [0.15, 0.2) is 0 Å². The van der Waals surface area contributed by atoms with Crippen molar-refractivity contribution < 1.29 is 17.9 Å². The average Bonchev–Trinajstić information content (AvgIpc) is 2.35. The first kappa shape index (κ1) is 16.8. The highest BCUT2D eigenvalue weighted by molar-refractivity contribution is 5.27. The monoisotopic (exact) mass is 290 g/mol. The second kappa shape index (κ2) is 6.45. The molecule has 0 aliphatic heterocycles. The van der Waals surface area contributed by atoms with E-state index in [1.807, 2.05) is 6.92 Å². The number of ether oxygens (including phenoxy) is 1. The molecule has 0 aliphatic rings. The van der Waals surface area contributed by atoms with Crippen LogP contribution in [0.1, 0.15) is 26.3 Å². The fourth-order valence-corrected chi connectivity index (χ4v) is 1.62. The highest BCUT2D eigenvalue weighted by Gasteiger charge is 2.31. The summed E-state index contributed by atoms with van der Waals surface area (Å²) in [5.41, 5.74) is 6.43. The van der Waals surface area contributed by atoms with Crippen LogP contribution in [0.5, 0.6) is 5.75 Å². The Bertz CT molecular complexity index is 417. The van der Waals surface area contributed by atoms with E-state index in [1.165, 1.54) is 12.1 Å². The van der Waals surface area contributed by atoms with Gasteiger partial charge in [-0.15, -0.1) is 13.2 Å². The largest absolute Gasteiger partial charge is 0.573 e. The van der Waals surface area contributed by atoms with Gasteiger partial charge in [-0.05, 0) is 30.5 Å². The first-order chi connectivity index (χ1) is 9.16. The summed E-state index contributed by atoms with van der Waals surface area (Å²) in [5.74, 6) is 0.132. The maximum Gasteiger partial charge on any atom is 0.573 e. The number of rotatable bonds is 6. The topological polar surface area (TPSA) is 47.3 Å². The summed E-state index contributed by atoms with van der Waals surface area (Å²) < 4.78 is 39.9. The minimum absolute atomic E-state index is 0.207. The third-order valence-corrected chi connectivity index (χ3v) is 3.55. The van der Waals surface area contributed by atoms with Crippen LogP contribution in [0, 0.1) is 5.92 Å². The zero-order valence-corrected chi connectivity index (χ0v) is 11.9. The number of alkyl halides is 3. The molecular weight excluding hydrogens is 269 g/mol. The lowest BCUT2D eigenvalue weighted by atomic mass is 9.88. The van der Waals surface area contributed by atoms with Gasteiger partial charge in [-0.25, -0.2) is 0 Å². The Hall–Kier alpha value is -1.27. The first-order valence-corrected chi connectivity index (χ1v) is 6.46. The Balaban J connectivity index is 2.62. The van der Waals surface area contributed by atoms with Gasteiger partial charge in [0.05, 0.1) is 0 Å². The van der Waals surface area contributed by atoms with Crippen molar-refractivity contribution in [3.05, 3.63) is 29.8 Å². The summed E-state index contributed by atoms with van der Waals surface area (Å²) in [7, 11) is 0. The lowest BCUT2D eigenvalue weighted by Gasteiger charge is -2.33. The average molecular weight is 290 g/mol. The van der Waals surface area contributed by atoms with E-state index in [4.69, 9.17) is 5.73 Å². The van der Waals surface area contributed by atoms with Crippen molar-refractivity contribution in [3.63, 3.8) is 0 Å². The zero-order valence-electron chi connectivity index (χ0n) is 11.9. The van der Waals surface area contributed by atoms with Crippen molar-refractivity contribution in [3.8, 4) is 5.75 Å². The number of halogens is 3. The molecule has 0 saturated carbocycles. The molecule has 0 saturated heterocycles. The quantitative estimate of drug-likeness (QED) is 0.846. The van der Waals surface area contributed by atoms with Crippen LogP contribution in [-0.4, -0.2) is 18.4 Å². The zero-order chi connectivity index (χ0) is 15.4. The van der Waals surface area contributed by atoms with Crippen LogP contribution in [0.2, 0.25) is 0 Å². The van der Waals surface area contributed by atoms with Crippen LogP contribution in [0.15, 0.2) is 24.3 Å². The van der Waals surface area contributed by atoms with Crippen molar-refractivity contribution in [1.29, 1.82) is 0 Å². The van der Waals surface area contributed by atoms with Crippen molar-refractivity contribution in [1.82, 2.24) is 5.32 Å². The maximum atomic E-state index is 12.0. The number of hydrogen-bond donors (Lipinski definition) is 2. The summed E-state index contributed by atoms with van der Waals surface area (Å²) in [4.78, 5) is 0. The minimum Gasteiger partial charge on any atom is -0.406 e. The molecule has 1 atom stereocenters. The maximum absolute atomic E-state index is 12.0. The van der Waals surface area contributed by atoms with Gasteiger partial charge < -0.3 is 15.8 Å². The molecule has 6 heteroatoms. The fraction of sp³-hybridized carbons (Fsp3) is 0.571. The van der Waals surface area contributed by atoms with Crippen molar-refractivity contribution >= 4 is 0 Å². The van der Waals surface area contributed by atoms with Crippen LogP contribution >= 0.6 is 0 Å². The third kappa shape index (κ3) is 5.02. The second-order valence-corrected chi connectivity index (χ2v) is 5.32. The molecule has 1 aromatic carbocycles. The van der Waals surface area contributed by atoms with Crippen molar-refractivity contribution in [2.75, 3.05) is 6.54 Å². The Labute approximate surface area is 117 Å². The van der Waals surface area contributed by atoms with E-state index < -0.39 is 6.36 Å². The standard InChI is InChI=1S/C14H21F3N2O/c1-10(2)13(3,9-18)19-8-11-4-6-12(7-5-11)20-14(15,16)17/h4-7,10,19H,8-9,18H2,1-3H3. The lowest BCUT2D eigenvalue weighted by molar-refractivity contribution is -0.274. The SMILES string of the molecule is CC(C)C(C)(CN)NCc1ccc(OC(F)(F)F)cc1. The number of nitrogens with one attached hydrogen (secondary N) is 1. The molecule has 3 nitrogen and oxygen atoms in total. The highest BCUT2D eigenvalue weighted by atomic mass is 19.4. The van der Waals surface area contributed by atoms with Crippen molar-refractivity contribution in [2.45, 2.75) is 39.2 Å². The molecule has 20 heavy (non-hydrogen) atoms. The van der Waals surface area contributed by atoms with Crippen LogP contribution in [-0.2, 0) is 6.54 Å². The van der Waals surface area contributed by atoms with Gasteiger partial charge in [-0.3, -0.25) is 0 Å². The van der Waals surface area contributed by atoms with E-state index in [2.05, 4.69) is 23.9 Å². The Morgan fingerprint density at radius 3 is 2.15 bits per heavy atom. The molecular formula is C14H21F3N2O. The fourth-order valence-electron chi connectivity index (χ4n) is 1.62. The molecule has 0 bridgehead atoms. The number of hydrogen-bond acceptors (Lipinski definition) is 3. The van der Waals surface area contributed by atoms with Crippen LogP contribution in [0.4, 0.5) is 13.2 Å². The first-order valence-electron chi connectivity index (χ1n) is 6.46. The molecule has 1 unspecified atom stereocenters. The van der Waals surface area contributed by atoms with Crippen molar-refractivity contribution in [2.24, 2.45) is 11.7 Å². The normalized spacial score (nSPS) is 15.2. The molecule has 0 fully saturated rings. The summed E-state index contributed by atoms with van der Waals surface area (Å²) in [6.45, 7) is 7.19. The highest BCUT2D eigenvalue weighted by Crippen LogP contribution is 2.23. The van der Waals surface area contributed by atoms with E-state index in [0.29, 0.717) is 19.0 Å². The van der Waals surface area contributed by atoms with Gasteiger partial charge in [0.25, 0.3) is 0 Å². The smallest absolute Gasteiger partial charge is 0.406 e. The van der Waals surface area contributed by atoms with Gasteiger partial charge in [0.2, 0.25) is 0 Å². The van der Waals surface area contributed by atoms with Gasteiger partial charge in [-0.1, -0.05) is 26.0 Å². The summed E-state index contributed by atoms with van der Waals surface area (Å²) >= 11 is 0. The molecule has 0 amide bonds. The third-order valence-electron chi connectivity index (χ3n) is 3.55. The molecule has 0 aromatic heterocycles. The molecule has 114 valence electrons. The lowest BCUT2D eigenvalue weighted by Crippen LogP contribution is -2.52. The molecule has 3 N–H and O–H groups in total. The van der Waals surface area contributed by atoms with Gasteiger partial charge in [-0.2, -0.15) is 0 Å². The molecule has 0 aliphatic carbocycles. The van der Waals surface area contributed by atoms with Crippen LogP contribution < -0.4 is 15.8 Å². The van der Waals surface area contributed by atoms with Gasteiger partial charge >= 0.3 is 6.36 Å². The summed E-state index contributed by atoms with van der Waals surface area (Å²) in [5, 5.41) is 3.34. The molecule has 0 radical (unpaired) electrons. The number of benzene rings is 1. The summed E-state index contributed by atoms with van der Waals surface area (Å²) in [6.07, 6.45) is -4.66. The Kier molecular flexibility index (Phi) is 5.42. The van der Waals surface area contributed by atoms with E-state index >= 15 is 0 Å². The predicted octanol–water partition coefficient (Wildman–Crippen LogP) is 3.05. The van der Waals surface area contributed by atoms with Crippen LogP contribution in [0.25, 0.3) is 0 Å². The van der Waals surface area contributed by atoms with Crippen LogP contribution in [0.3, 0.4) is 0 Å². The van der Waals surface area contributed by atoms with Gasteiger partial charge in [0, 0.05) is 18.6 Å². The molecule has 1 aromatic rings. The number of nitrogens with two attached hydrogens (primary N) is 1. The molecule has 1 rings (SSSR count).